The Morgan fingerprint density at radius 1 is 0.774 bits per heavy atom. The van der Waals surface area contributed by atoms with Crippen molar-refractivity contribution < 1.29 is 14.3 Å². The van der Waals surface area contributed by atoms with Crippen molar-refractivity contribution in [1.29, 1.82) is 0 Å². The lowest BCUT2D eigenvalue weighted by atomic mass is 9.94. The average Bonchev–Trinajstić information content (AvgIpc) is 2.82. The lowest BCUT2D eigenvalue weighted by Gasteiger charge is -2.37. The molecule has 3 aromatic carbocycles. The maximum atomic E-state index is 13.1. The highest BCUT2D eigenvalue weighted by atomic mass is 16.5. The van der Waals surface area contributed by atoms with Crippen LogP contribution in [0.3, 0.4) is 0 Å². The molecule has 2 aliphatic heterocycles. The number of amides is 2. The topological polar surface area (TPSA) is 53.1 Å². The van der Waals surface area contributed by atoms with Gasteiger partial charge in [0.15, 0.2) is 0 Å². The van der Waals surface area contributed by atoms with Crippen molar-refractivity contribution in [1.82, 2.24) is 9.80 Å². The van der Waals surface area contributed by atoms with Gasteiger partial charge >= 0.3 is 0 Å². The van der Waals surface area contributed by atoms with Crippen LogP contribution in [-0.2, 0) is 0 Å². The van der Waals surface area contributed by atoms with Crippen LogP contribution in [0.5, 0.6) is 5.75 Å². The van der Waals surface area contributed by atoms with Gasteiger partial charge in [0, 0.05) is 55.8 Å². The van der Waals surface area contributed by atoms with Gasteiger partial charge in [-0.2, -0.15) is 0 Å². The molecular weight excluding hydrogens is 390 g/mol. The quantitative estimate of drug-likeness (QED) is 0.599. The molecule has 0 saturated carbocycles. The van der Waals surface area contributed by atoms with Crippen LogP contribution in [0, 0.1) is 0 Å². The van der Waals surface area contributed by atoms with Gasteiger partial charge in [0.2, 0.25) is 0 Å². The summed E-state index contributed by atoms with van der Waals surface area (Å²) in [4.78, 5) is 32.2. The van der Waals surface area contributed by atoms with Gasteiger partial charge in [-0.25, -0.2) is 0 Å². The van der Waals surface area contributed by atoms with Crippen molar-refractivity contribution in [2.24, 2.45) is 0 Å². The summed E-state index contributed by atoms with van der Waals surface area (Å²) in [6.45, 7) is 4.59. The molecule has 0 unspecified atom stereocenters. The molecule has 1 fully saturated rings. The maximum absolute atomic E-state index is 13.1. The normalized spacial score (nSPS) is 16.8. The number of para-hydroxylation sites is 2. The van der Waals surface area contributed by atoms with Gasteiger partial charge in [-0.3, -0.25) is 19.4 Å². The van der Waals surface area contributed by atoms with Gasteiger partial charge in [-0.05, 0) is 29.7 Å². The van der Waals surface area contributed by atoms with Crippen molar-refractivity contribution in [3.05, 3.63) is 71.8 Å². The van der Waals surface area contributed by atoms with E-state index in [2.05, 4.69) is 15.9 Å². The second-order valence-electron chi connectivity index (χ2n) is 7.97. The number of piperazine rings is 1. The number of imide groups is 1. The summed E-state index contributed by atoms with van der Waals surface area (Å²) < 4.78 is 5.49. The van der Waals surface area contributed by atoms with Gasteiger partial charge in [0.1, 0.15) is 5.75 Å². The third-order valence-corrected chi connectivity index (χ3v) is 6.29. The van der Waals surface area contributed by atoms with E-state index < -0.39 is 0 Å². The van der Waals surface area contributed by atoms with Crippen LogP contribution < -0.4 is 9.64 Å². The highest BCUT2D eigenvalue weighted by molar-refractivity contribution is 6.25. The predicted octanol–water partition coefficient (Wildman–Crippen LogP) is 3.27. The van der Waals surface area contributed by atoms with Crippen molar-refractivity contribution >= 4 is 28.3 Å². The number of nitrogens with zero attached hydrogens (tertiary/aromatic N) is 3. The second kappa shape index (κ2) is 8.04. The highest BCUT2D eigenvalue weighted by Crippen LogP contribution is 2.30. The Morgan fingerprint density at radius 3 is 2.06 bits per heavy atom. The first-order chi connectivity index (χ1) is 15.2. The van der Waals surface area contributed by atoms with E-state index in [9.17, 15) is 9.59 Å². The number of anilines is 1. The highest BCUT2D eigenvalue weighted by Gasteiger charge is 2.33. The molecule has 158 valence electrons. The third kappa shape index (κ3) is 3.43. The van der Waals surface area contributed by atoms with Crippen LogP contribution in [0.4, 0.5) is 5.69 Å². The summed E-state index contributed by atoms with van der Waals surface area (Å²) in [5.41, 5.74) is 2.35. The van der Waals surface area contributed by atoms with E-state index in [-0.39, 0.29) is 11.8 Å². The first kappa shape index (κ1) is 19.6. The van der Waals surface area contributed by atoms with Crippen LogP contribution in [0.1, 0.15) is 20.7 Å². The third-order valence-electron chi connectivity index (χ3n) is 6.29. The van der Waals surface area contributed by atoms with Crippen LogP contribution >= 0.6 is 0 Å². The number of benzene rings is 3. The molecule has 2 heterocycles. The molecule has 0 radical (unpaired) electrons. The zero-order valence-corrected chi connectivity index (χ0v) is 17.6. The summed E-state index contributed by atoms with van der Waals surface area (Å²) in [6.07, 6.45) is 0. The molecule has 0 aromatic heterocycles. The summed E-state index contributed by atoms with van der Waals surface area (Å²) in [5.74, 6) is 0.497. The zero-order valence-electron chi connectivity index (χ0n) is 17.6. The summed E-state index contributed by atoms with van der Waals surface area (Å²) in [6, 6.07) is 19.3. The number of carbonyl (C=O) groups is 2. The smallest absolute Gasteiger partial charge is 0.261 e. The van der Waals surface area contributed by atoms with E-state index in [1.54, 1.807) is 7.11 Å². The molecule has 6 heteroatoms. The number of ether oxygens (including phenoxy) is 1. The van der Waals surface area contributed by atoms with Crippen molar-refractivity contribution in [3.8, 4) is 5.75 Å². The maximum Gasteiger partial charge on any atom is 0.261 e. The SMILES string of the molecule is COc1ccccc1N1CCN(CCN2C(=O)c3cccc4cccc(c34)C2=O)CC1. The van der Waals surface area contributed by atoms with E-state index in [0.717, 1.165) is 48.4 Å². The number of hydrogen-bond acceptors (Lipinski definition) is 5. The second-order valence-corrected chi connectivity index (χ2v) is 7.97. The molecule has 3 aromatic rings. The summed E-state index contributed by atoms with van der Waals surface area (Å²) >= 11 is 0. The Kier molecular flexibility index (Phi) is 5.08. The van der Waals surface area contributed by atoms with Gasteiger partial charge in [-0.15, -0.1) is 0 Å². The van der Waals surface area contributed by atoms with E-state index in [1.807, 2.05) is 54.6 Å². The Balaban J connectivity index is 1.25. The molecule has 5 rings (SSSR count). The molecule has 0 bridgehead atoms. The predicted molar refractivity (Wildman–Crippen MR) is 121 cm³/mol. The molecule has 0 aliphatic carbocycles. The first-order valence-electron chi connectivity index (χ1n) is 10.7. The van der Waals surface area contributed by atoms with Crippen LogP contribution in [0.25, 0.3) is 10.8 Å². The first-order valence-corrected chi connectivity index (χ1v) is 10.7. The summed E-state index contributed by atoms with van der Waals surface area (Å²) in [5, 5.41) is 1.71. The van der Waals surface area contributed by atoms with Crippen LogP contribution in [0.2, 0.25) is 0 Å². The van der Waals surface area contributed by atoms with Crippen molar-refractivity contribution in [3.63, 3.8) is 0 Å². The van der Waals surface area contributed by atoms with Crippen molar-refractivity contribution in [2.45, 2.75) is 0 Å². The fourth-order valence-corrected chi connectivity index (χ4v) is 4.63. The molecule has 1 saturated heterocycles. The molecule has 6 nitrogen and oxygen atoms in total. The lowest BCUT2D eigenvalue weighted by Crippen LogP contribution is -2.50. The molecule has 2 amide bonds. The Hall–Kier alpha value is -3.38. The Bertz CT molecular complexity index is 1100. The molecule has 0 spiro atoms. The number of rotatable bonds is 5. The van der Waals surface area contributed by atoms with Crippen molar-refractivity contribution in [2.75, 3.05) is 51.3 Å². The lowest BCUT2D eigenvalue weighted by molar-refractivity contribution is 0.0591. The van der Waals surface area contributed by atoms with Gasteiger partial charge in [-0.1, -0.05) is 36.4 Å². The van der Waals surface area contributed by atoms with Crippen LogP contribution in [-0.4, -0.2) is 68.0 Å². The van der Waals surface area contributed by atoms with E-state index >= 15 is 0 Å². The van der Waals surface area contributed by atoms with Crippen LogP contribution in [0.15, 0.2) is 60.7 Å². The number of carbonyl (C=O) groups excluding carboxylic acids is 2. The fraction of sp³-hybridized carbons (Fsp3) is 0.280. The minimum Gasteiger partial charge on any atom is -0.495 e. The van der Waals surface area contributed by atoms with E-state index in [1.165, 1.54) is 4.90 Å². The molecule has 2 aliphatic rings. The Morgan fingerprint density at radius 2 is 1.42 bits per heavy atom. The van der Waals surface area contributed by atoms with Gasteiger partial charge in [0.25, 0.3) is 11.8 Å². The van der Waals surface area contributed by atoms with E-state index in [4.69, 9.17) is 4.74 Å². The zero-order chi connectivity index (χ0) is 21.4. The van der Waals surface area contributed by atoms with E-state index in [0.29, 0.717) is 24.2 Å². The number of methoxy groups -OCH3 is 1. The molecular formula is C25H25N3O3. The Labute approximate surface area is 181 Å². The minimum atomic E-state index is -0.193. The molecule has 31 heavy (non-hydrogen) atoms. The molecule has 0 atom stereocenters. The minimum absolute atomic E-state index is 0.193. The van der Waals surface area contributed by atoms with Gasteiger partial charge < -0.3 is 9.64 Å². The monoisotopic (exact) mass is 415 g/mol. The largest absolute Gasteiger partial charge is 0.495 e. The number of hydrogen-bond donors (Lipinski definition) is 0. The molecule has 0 N–H and O–H groups in total. The standard InChI is InChI=1S/C25H25N3O3/c1-31-22-11-3-2-10-21(22)27-15-12-26(13-16-27)14-17-28-24(29)19-8-4-6-18-7-5-9-20(23(18)19)25(28)30/h2-11H,12-17H2,1H3. The summed E-state index contributed by atoms with van der Waals surface area (Å²) in [7, 11) is 1.69. The van der Waals surface area contributed by atoms with Gasteiger partial charge in [0.05, 0.1) is 12.8 Å². The average molecular weight is 415 g/mol. The fourth-order valence-electron chi connectivity index (χ4n) is 4.63.